The molecular weight excluding hydrogens is 168 g/mol. The smallest absolute Gasteiger partial charge is 0.274 e. The van der Waals surface area contributed by atoms with E-state index in [1.807, 2.05) is 0 Å². The molecule has 0 unspecified atom stereocenters. The molecule has 0 aromatic heterocycles. The number of hydrogen-bond donors (Lipinski definition) is 1. The van der Waals surface area contributed by atoms with Crippen molar-refractivity contribution in [3.63, 3.8) is 0 Å². The maximum absolute atomic E-state index is 10.9. The fraction of sp³-hybridized carbons (Fsp3) is 0.833. The average Bonchev–Trinajstić information content (AvgIpc) is 1.86. The lowest BCUT2D eigenvalue weighted by molar-refractivity contribution is -0.119. The third-order valence-corrected chi connectivity index (χ3v) is 3.08. The summed E-state index contributed by atoms with van der Waals surface area (Å²) in [6, 6.07) is 0. The Morgan fingerprint density at radius 3 is 2.36 bits per heavy atom. The number of Topliss-reactive ketones (excluding diaryl/α,β-unsaturated/α-hetero) is 1. The van der Waals surface area contributed by atoms with Gasteiger partial charge in [0.25, 0.3) is 10.1 Å². The molecule has 0 amide bonds. The Labute approximate surface area is 65.3 Å². The van der Waals surface area contributed by atoms with E-state index in [4.69, 9.17) is 4.55 Å². The summed E-state index contributed by atoms with van der Waals surface area (Å²) >= 11 is 0. The normalized spacial score (nSPS) is 27.0. The van der Waals surface area contributed by atoms with Gasteiger partial charge in [0.2, 0.25) is 0 Å². The van der Waals surface area contributed by atoms with Crippen molar-refractivity contribution in [2.75, 3.05) is 0 Å². The third-order valence-electron chi connectivity index (χ3n) is 1.86. The Bertz CT molecular complexity index is 254. The standard InChI is InChI=1S/C6H10O4S/c7-5-3-1-2-4-6(5)11(8,9)10/h6H,1-4H2,(H,8,9,10)/t6-/m0/s1. The number of carbonyl (C=O) groups excluding carboxylic acids is 1. The van der Waals surface area contributed by atoms with Gasteiger partial charge in [0, 0.05) is 6.42 Å². The van der Waals surface area contributed by atoms with Crippen molar-refractivity contribution < 1.29 is 17.8 Å². The monoisotopic (exact) mass is 178 g/mol. The highest BCUT2D eigenvalue weighted by Crippen LogP contribution is 2.19. The van der Waals surface area contributed by atoms with Crippen LogP contribution in [0.4, 0.5) is 0 Å². The lowest BCUT2D eigenvalue weighted by atomic mass is 9.99. The summed E-state index contributed by atoms with van der Waals surface area (Å²) < 4.78 is 29.6. The highest BCUT2D eigenvalue weighted by molar-refractivity contribution is 7.87. The predicted molar refractivity (Wildman–Crippen MR) is 38.8 cm³/mol. The summed E-state index contributed by atoms with van der Waals surface area (Å²) in [5.74, 6) is -0.348. The van der Waals surface area contributed by atoms with Crippen LogP contribution in [0.2, 0.25) is 0 Å². The van der Waals surface area contributed by atoms with E-state index in [2.05, 4.69) is 0 Å². The Morgan fingerprint density at radius 1 is 1.36 bits per heavy atom. The zero-order chi connectivity index (χ0) is 8.48. The van der Waals surface area contributed by atoms with E-state index >= 15 is 0 Å². The van der Waals surface area contributed by atoms with Crippen molar-refractivity contribution in [3.8, 4) is 0 Å². The molecule has 0 heterocycles. The van der Waals surface area contributed by atoms with Crippen molar-refractivity contribution in [1.29, 1.82) is 0 Å². The molecule has 1 aliphatic carbocycles. The third kappa shape index (κ3) is 2.00. The highest BCUT2D eigenvalue weighted by atomic mass is 32.2. The molecule has 0 aromatic carbocycles. The molecule has 1 atom stereocenters. The van der Waals surface area contributed by atoms with Gasteiger partial charge in [0.05, 0.1) is 0 Å². The van der Waals surface area contributed by atoms with Crippen LogP contribution in [0.5, 0.6) is 0 Å². The number of rotatable bonds is 1. The van der Waals surface area contributed by atoms with Crippen LogP contribution in [0.25, 0.3) is 0 Å². The topological polar surface area (TPSA) is 71.4 Å². The summed E-state index contributed by atoms with van der Waals surface area (Å²) in [5, 5.41) is -1.14. The lowest BCUT2D eigenvalue weighted by Crippen LogP contribution is -2.32. The maximum atomic E-state index is 10.9. The first-order valence-corrected chi connectivity index (χ1v) is 5.01. The minimum Gasteiger partial charge on any atom is -0.298 e. The molecule has 1 rings (SSSR count). The molecule has 0 aliphatic heterocycles. The van der Waals surface area contributed by atoms with E-state index in [1.165, 1.54) is 0 Å². The van der Waals surface area contributed by atoms with Gasteiger partial charge in [-0.1, -0.05) is 6.42 Å². The molecular formula is C6H10O4S. The molecule has 1 N–H and O–H groups in total. The second kappa shape index (κ2) is 2.91. The van der Waals surface area contributed by atoms with Crippen molar-refractivity contribution in [3.05, 3.63) is 0 Å². The Morgan fingerprint density at radius 2 is 2.00 bits per heavy atom. The SMILES string of the molecule is O=C1CCCC[C@@H]1S(=O)(=O)O. The van der Waals surface area contributed by atoms with Crippen molar-refractivity contribution in [2.45, 2.75) is 30.9 Å². The predicted octanol–water partition coefficient (Wildman–Crippen LogP) is 0.386. The maximum Gasteiger partial charge on any atom is 0.274 e. The van der Waals surface area contributed by atoms with E-state index in [1.54, 1.807) is 0 Å². The Hall–Kier alpha value is -0.420. The van der Waals surface area contributed by atoms with Gasteiger partial charge in [-0.15, -0.1) is 0 Å². The van der Waals surface area contributed by atoms with Crippen molar-refractivity contribution in [2.24, 2.45) is 0 Å². The molecule has 0 aromatic rings. The number of ketones is 1. The molecule has 5 heteroatoms. The van der Waals surface area contributed by atoms with Crippen LogP contribution in [0.1, 0.15) is 25.7 Å². The summed E-state index contributed by atoms with van der Waals surface area (Å²) in [6.45, 7) is 0. The first kappa shape index (κ1) is 8.67. The van der Waals surface area contributed by atoms with Gasteiger partial charge in [-0.2, -0.15) is 8.42 Å². The lowest BCUT2D eigenvalue weighted by Gasteiger charge is -2.16. The van der Waals surface area contributed by atoms with Crippen LogP contribution in [-0.2, 0) is 14.9 Å². The fourth-order valence-corrected chi connectivity index (χ4v) is 2.18. The fourth-order valence-electron chi connectivity index (χ4n) is 1.27. The average molecular weight is 178 g/mol. The van der Waals surface area contributed by atoms with E-state index in [0.717, 1.165) is 6.42 Å². The van der Waals surface area contributed by atoms with Crippen LogP contribution in [0.15, 0.2) is 0 Å². The molecule has 4 nitrogen and oxygen atoms in total. The van der Waals surface area contributed by atoms with Crippen LogP contribution in [-0.4, -0.2) is 24.0 Å². The van der Waals surface area contributed by atoms with Gasteiger partial charge in [-0.3, -0.25) is 9.35 Å². The molecule has 11 heavy (non-hydrogen) atoms. The van der Waals surface area contributed by atoms with Crippen LogP contribution in [0, 0.1) is 0 Å². The van der Waals surface area contributed by atoms with Gasteiger partial charge in [0.1, 0.15) is 5.25 Å². The van der Waals surface area contributed by atoms with Crippen LogP contribution >= 0.6 is 0 Å². The van der Waals surface area contributed by atoms with E-state index in [0.29, 0.717) is 6.42 Å². The largest absolute Gasteiger partial charge is 0.298 e. The molecule has 0 bridgehead atoms. The molecule has 1 fully saturated rings. The quantitative estimate of drug-likeness (QED) is 0.589. The highest BCUT2D eigenvalue weighted by Gasteiger charge is 2.32. The van der Waals surface area contributed by atoms with Gasteiger partial charge >= 0.3 is 0 Å². The number of hydrogen-bond acceptors (Lipinski definition) is 3. The zero-order valence-electron chi connectivity index (χ0n) is 5.99. The van der Waals surface area contributed by atoms with E-state index in [-0.39, 0.29) is 18.6 Å². The molecule has 1 saturated carbocycles. The zero-order valence-corrected chi connectivity index (χ0v) is 6.80. The molecule has 0 saturated heterocycles. The van der Waals surface area contributed by atoms with Crippen LogP contribution in [0.3, 0.4) is 0 Å². The molecule has 0 radical (unpaired) electrons. The molecule has 64 valence electrons. The molecule has 1 aliphatic rings. The Balaban J connectivity index is 2.78. The first-order valence-electron chi connectivity index (χ1n) is 3.51. The Kier molecular flexibility index (Phi) is 2.29. The van der Waals surface area contributed by atoms with Crippen LogP contribution < -0.4 is 0 Å². The summed E-state index contributed by atoms with van der Waals surface area (Å²) in [5.41, 5.74) is 0. The summed E-state index contributed by atoms with van der Waals surface area (Å²) in [6.07, 6.45) is 2.00. The van der Waals surface area contributed by atoms with Gasteiger partial charge < -0.3 is 0 Å². The minimum atomic E-state index is -4.12. The summed E-state index contributed by atoms with van der Waals surface area (Å²) in [4.78, 5) is 10.9. The minimum absolute atomic E-state index is 0.275. The van der Waals surface area contributed by atoms with E-state index in [9.17, 15) is 13.2 Å². The first-order chi connectivity index (χ1) is 5.02. The van der Waals surface area contributed by atoms with Gasteiger partial charge in [-0.05, 0) is 12.8 Å². The molecule has 0 spiro atoms. The summed E-state index contributed by atoms with van der Waals surface area (Å²) in [7, 11) is -4.12. The van der Waals surface area contributed by atoms with Gasteiger partial charge in [-0.25, -0.2) is 0 Å². The van der Waals surface area contributed by atoms with Crippen molar-refractivity contribution in [1.82, 2.24) is 0 Å². The van der Waals surface area contributed by atoms with Crippen molar-refractivity contribution >= 4 is 15.9 Å². The number of carbonyl (C=O) groups is 1. The second-order valence-corrected chi connectivity index (χ2v) is 4.31. The van der Waals surface area contributed by atoms with Gasteiger partial charge in [0.15, 0.2) is 5.78 Å². The second-order valence-electron chi connectivity index (χ2n) is 2.72. The van der Waals surface area contributed by atoms with E-state index < -0.39 is 15.4 Å².